The van der Waals surface area contributed by atoms with Crippen LogP contribution in [0.25, 0.3) is 0 Å². The fourth-order valence-corrected chi connectivity index (χ4v) is 5.94. The molecular formula is C23H30N2O4S. The third kappa shape index (κ3) is 4.15. The van der Waals surface area contributed by atoms with Crippen LogP contribution in [0, 0.1) is 5.92 Å². The Labute approximate surface area is 182 Å². The molecule has 2 heterocycles. The first-order chi connectivity index (χ1) is 14.3. The van der Waals surface area contributed by atoms with E-state index in [-0.39, 0.29) is 23.3 Å². The first-order valence-corrected chi connectivity index (χ1v) is 11.4. The third-order valence-electron chi connectivity index (χ3n) is 6.15. The van der Waals surface area contributed by atoms with E-state index in [9.17, 15) is 14.7 Å². The maximum Gasteiger partial charge on any atom is 0.330 e. The highest BCUT2D eigenvalue weighted by atomic mass is 32.2. The van der Waals surface area contributed by atoms with E-state index in [0.29, 0.717) is 12.3 Å². The number of hydrogen-bond donors (Lipinski definition) is 2. The highest BCUT2D eigenvalue weighted by Crippen LogP contribution is 2.51. The molecule has 1 aliphatic carbocycles. The molecule has 2 N–H and O–H groups in total. The van der Waals surface area contributed by atoms with Crippen LogP contribution in [0.1, 0.15) is 32.3 Å². The summed E-state index contributed by atoms with van der Waals surface area (Å²) in [6, 6.07) is 8.53. The van der Waals surface area contributed by atoms with Crippen molar-refractivity contribution in [1.29, 1.82) is 0 Å². The molecule has 1 saturated carbocycles. The monoisotopic (exact) mass is 430 g/mol. The number of fused-ring (bicyclic) bond motifs is 1. The Balaban J connectivity index is 1.48. The van der Waals surface area contributed by atoms with Crippen molar-refractivity contribution in [3.8, 4) is 0 Å². The quantitative estimate of drug-likeness (QED) is 0.374. The number of aliphatic hydroxyl groups excluding tert-OH is 1. The molecular weight excluding hydrogens is 400 g/mol. The Morgan fingerprint density at radius 2 is 2.07 bits per heavy atom. The molecule has 0 aromatic heterocycles. The summed E-state index contributed by atoms with van der Waals surface area (Å²) in [6.07, 6.45) is 6.38. The molecule has 3 aliphatic rings. The maximum absolute atomic E-state index is 13.0. The SMILES string of the molecule is COC(=O)[C@@H]1N2C(=O)[C@@H](N[C@@H](/C=C/C3CC3)[C@H](O)Cc3ccccc3)[C@H]2SC1(C)C. The highest BCUT2D eigenvalue weighted by Gasteiger charge is 2.64. The average Bonchev–Trinajstić information content (AvgIpc) is 3.51. The number of hydrogen-bond acceptors (Lipinski definition) is 6. The number of carbonyl (C=O) groups excluding carboxylic acids is 2. The van der Waals surface area contributed by atoms with Crippen molar-refractivity contribution in [3.05, 3.63) is 48.0 Å². The third-order valence-corrected chi connectivity index (χ3v) is 7.72. The zero-order valence-corrected chi connectivity index (χ0v) is 18.5. The van der Waals surface area contributed by atoms with Gasteiger partial charge in [-0.1, -0.05) is 42.5 Å². The zero-order valence-electron chi connectivity index (χ0n) is 17.7. The minimum absolute atomic E-state index is 0.106. The van der Waals surface area contributed by atoms with E-state index in [1.165, 1.54) is 20.0 Å². The second-order valence-electron chi connectivity index (χ2n) is 8.93. The van der Waals surface area contributed by atoms with Crippen LogP contribution >= 0.6 is 11.8 Å². The van der Waals surface area contributed by atoms with Crippen molar-refractivity contribution in [3.63, 3.8) is 0 Å². The number of rotatable bonds is 8. The Bertz CT molecular complexity index is 824. The number of carbonyl (C=O) groups is 2. The lowest BCUT2D eigenvalue weighted by molar-refractivity contribution is -0.162. The van der Waals surface area contributed by atoms with Gasteiger partial charge >= 0.3 is 5.97 Å². The maximum atomic E-state index is 13.0. The van der Waals surface area contributed by atoms with Crippen LogP contribution in [0.15, 0.2) is 42.5 Å². The molecule has 1 aromatic carbocycles. The number of nitrogens with one attached hydrogen (secondary N) is 1. The van der Waals surface area contributed by atoms with Gasteiger partial charge < -0.3 is 14.7 Å². The van der Waals surface area contributed by atoms with E-state index in [1.807, 2.05) is 50.3 Å². The average molecular weight is 431 g/mol. The van der Waals surface area contributed by atoms with Gasteiger partial charge in [0, 0.05) is 11.2 Å². The van der Waals surface area contributed by atoms with Crippen molar-refractivity contribution in [2.45, 2.75) is 67.5 Å². The van der Waals surface area contributed by atoms with E-state index in [0.717, 1.165) is 5.56 Å². The lowest BCUT2D eigenvalue weighted by Gasteiger charge is -2.45. The molecule has 7 heteroatoms. The van der Waals surface area contributed by atoms with Crippen LogP contribution in [0.3, 0.4) is 0 Å². The molecule has 0 unspecified atom stereocenters. The van der Waals surface area contributed by atoms with Crippen LogP contribution in [0.5, 0.6) is 0 Å². The van der Waals surface area contributed by atoms with E-state index < -0.39 is 22.9 Å². The number of esters is 1. The van der Waals surface area contributed by atoms with Crippen molar-refractivity contribution >= 4 is 23.6 Å². The van der Waals surface area contributed by atoms with Crippen molar-refractivity contribution in [2.75, 3.05) is 7.11 Å². The van der Waals surface area contributed by atoms with Gasteiger partial charge in [0.1, 0.15) is 17.5 Å². The van der Waals surface area contributed by atoms with Gasteiger partial charge in [-0.15, -0.1) is 11.8 Å². The predicted molar refractivity (Wildman–Crippen MR) is 117 cm³/mol. The number of aliphatic hydroxyl groups is 1. The number of methoxy groups -OCH3 is 1. The summed E-state index contributed by atoms with van der Waals surface area (Å²) in [5.74, 6) is 0.0941. The summed E-state index contributed by atoms with van der Waals surface area (Å²) in [5.41, 5.74) is 1.06. The van der Waals surface area contributed by atoms with Crippen molar-refractivity contribution in [1.82, 2.24) is 10.2 Å². The number of ether oxygens (including phenoxy) is 1. The van der Waals surface area contributed by atoms with Gasteiger partial charge in [-0.25, -0.2) is 4.79 Å². The topological polar surface area (TPSA) is 78.9 Å². The number of thioether (sulfide) groups is 1. The smallest absolute Gasteiger partial charge is 0.330 e. The van der Waals surface area contributed by atoms with Crippen LogP contribution in [0.4, 0.5) is 0 Å². The summed E-state index contributed by atoms with van der Waals surface area (Å²) in [7, 11) is 1.36. The van der Waals surface area contributed by atoms with Gasteiger partial charge in [0.2, 0.25) is 5.91 Å². The largest absolute Gasteiger partial charge is 0.467 e. The van der Waals surface area contributed by atoms with Gasteiger partial charge in [-0.3, -0.25) is 10.1 Å². The lowest BCUT2D eigenvalue weighted by Crippen LogP contribution is -2.71. The molecule has 0 bridgehead atoms. The molecule has 30 heavy (non-hydrogen) atoms. The van der Waals surface area contributed by atoms with E-state index in [2.05, 4.69) is 11.4 Å². The van der Waals surface area contributed by atoms with E-state index >= 15 is 0 Å². The number of benzene rings is 1. The summed E-state index contributed by atoms with van der Waals surface area (Å²) < 4.78 is 4.52. The first kappa shape index (κ1) is 21.4. The van der Waals surface area contributed by atoms with Gasteiger partial charge in [-0.05, 0) is 38.2 Å². The summed E-state index contributed by atoms with van der Waals surface area (Å²) in [5, 5.41) is 14.2. The Morgan fingerprint density at radius 3 is 2.70 bits per heavy atom. The molecule has 1 aromatic rings. The Morgan fingerprint density at radius 1 is 1.37 bits per heavy atom. The normalized spacial score (nSPS) is 29.4. The molecule has 3 fully saturated rings. The number of amides is 1. The van der Waals surface area contributed by atoms with Crippen LogP contribution in [0.2, 0.25) is 0 Å². The van der Waals surface area contributed by atoms with E-state index in [4.69, 9.17) is 4.74 Å². The second kappa shape index (κ2) is 8.36. The predicted octanol–water partition coefficient (Wildman–Crippen LogP) is 2.12. The lowest BCUT2D eigenvalue weighted by atomic mass is 9.94. The molecule has 162 valence electrons. The first-order valence-electron chi connectivity index (χ1n) is 10.6. The van der Waals surface area contributed by atoms with Gasteiger partial charge in [-0.2, -0.15) is 0 Å². The molecule has 4 rings (SSSR count). The van der Waals surface area contributed by atoms with Crippen molar-refractivity contribution < 1.29 is 19.4 Å². The summed E-state index contributed by atoms with van der Waals surface area (Å²) >= 11 is 1.61. The standard InChI is InChI=1S/C23H30N2O4S/c1-23(2)19(22(28)29-3)25-20(27)18(21(25)30-23)24-16(12-11-14-9-10-14)17(26)13-15-7-5-4-6-8-15/h4-8,11-12,14,16-19,21,24,26H,9-10,13H2,1-3H3/b12-11+/t16-,17+,18+,19-,21+/m0/s1. The van der Waals surface area contributed by atoms with Crippen molar-refractivity contribution in [2.24, 2.45) is 5.92 Å². The van der Waals surface area contributed by atoms with Crippen LogP contribution in [-0.2, 0) is 20.7 Å². The molecule has 6 nitrogen and oxygen atoms in total. The fraction of sp³-hybridized carbons (Fsp3) is 0.565. The summed E-state index contributed by atoms with van der Waals surface area (Å²) in [4.78, 5) is 26.9. The van der Waals surface area contributed by atoms with Gasteiger partial charge in [0.05, 0.1) is 19.3 Å². The molecule has 2 aliphatic heterocycles. The Hall–Kier alpha value is -1.83. The number of allylic oxidation sites excluding steroid dienone is 1. The minimum atomic E-state index is -0.653. The fourth-order valence-electron chi connectivity index (χ4n) is 4.31. The molecule has 0 spiro atoms. The van der Waals surface area contributed by atoms with Crippen LogP contribution < -0.4 is 5.32 Å². The minimum Gasteiger partial charge on any atom is -0.467 e. The number of β-lactam (4-membered cyclic amide) rings is 1. The zero-order chi connectivity index (χ0) is 21.5. The second-order valence-corrected chi connectivity index (χ2v) is 10.7. The van der Waals surface area contributed by atoms with Gasteiger partial charge in [0.25, 0.3) is 0 Å². The van der Waals surface area contributed by atoms with Crippen LogP contribution in [-0.4, -0.2) is 63.3 Å². The summed E-state index contributed by atoms with van der Waals surface area (Å²) in [6.45, 7) is 3.94. The number of nitrogens with zero attached hydrogens (tertiary/aromatic N) is 1. The molecule has 5 atom stereocenters. The molecule has 1 amide bonds. The highest BCUT2D eigenvalue weighted by molar-refractivity contribution is 8.01. The molecule has 0 radical (unpaired) electrons. The van der Waals surface area contributed by atoms with Gasteiger partial charge in [0.15, 0.2) is 0 Å². The Kier molecular flexibility index (Phi) is 5.97. The van der Waals surface area contributed by atoms with E-state index in [1.54, 1.807) is 16.7 Å². The molecule has 2 saturated heterocycles.